The van der Waals surface area contributed by atoms with Crippen LogP contribution in [0.3, 0.4) is 0 Å². The van der Waals surface area contributed by atoms with Gasteiger partial charge in [0.25, 0.3) is 0 Å². The molecule has 0 aliphatic carbocycles. The Morgan fingerprint density at radius 3 is 2.53 bits per heavy atom. The Morgan fingerprint density at radius 1 is 1.40 bits per heavy atom. The Hall–Kier alpha value is -0.340. The fourth-order valence-corrected chi connectivity index (χ4v) is 2.41. The van der Waals surface area contributed by atoms with E-state index in [-0.39, 0.29) is 5.41 Å². The van der Waals surface area contributed by atoms with Crippen molar-refractivity contribution in [2.75, 3.05) is 0 Å². The van der Waals surface area contributed by atoms with E-state index in [0.29, 0.717) is 12.2 Å². The van der Waals surface area contributed by atoms with Crippen LogP contribution in [0.15, 0.2) is 12.1 Å². The fourth-order valence-electron chi connectivity index (χ4n) is 1.28. The van der Waals surface area contributed by atoms with Crippen LogP contribution in [0.5, 0.6) is 0 Å². The van der Waals surface area contributed by atoms with Crippen molar-refractivity contribution in [1.29, 1.82) is 0 Å². The molecule has 0 bridgehead atoms. The zero-order valence-corrected chi connectivity index (χ0v) is 11.0. The Kier molecular flexibility index (Phi) is 4.35. The topological polar surface area (TPSA) is 17.1 Å². The van der Waals surface area contributed by atoms with Crippen molar-refractivity contribution >= 4 is 28.7 Å². The molecule has 0 fully saturated rings. The summed E-state index contributed by atoms with van der Waals surface area (Å²) in [5.74, 6) is 0.338. The first kappa shape index (κ1) is 12.7. The molecule has 3 heteroatoms. The van der Waals surface area contributed by atoms with Gasteiger partial charge in [-0.05, 0) is 25.0 Å². The molecule has 1 nitrogen and oxygen atoms in total. The lowest BCUT2D eigenvalue weighted by Gasteiger charge is -2.15. The van der Waals surface area contributed by atoms with Gasteiger partial charge in [-0.1, -0.05) is 32.4 Å². The van der Waals surface area contributed by atoms with Gasteiger partial charge in [0, 0.05) is 16.7 Å². The zero-order chi connectivity index (χ0) is 11.5. The number of hydrogen-bond donors (Lipinski definition) is 0. The van der Waals surface area contributed by atoms with Gasteiger partial charge in [-0.2, -0.15) is 0 Å². The van der Waals surface area contributed by atoms with Crippen molar-refractivity contribution < 1.29 is 4.79 Å². The van der Waals surface area contributed by atoms with Crippen LogP contribution in [0.25, 0.3) is 0 Å². The highest BCUT2D eigenvalue weighted by Gasteiger charge is 2.20. The molecule has 1 rings (SSSR count). The molecule has 0 aromatic carbocycles. The first-order valence-electron chi connectivity index (χ1n) is 5.17. The highest BCUT2D eigenvalue weighted by atomic mass is 35.5. The maximum Gasteiger partial charge on any atom is 0.138 e. The Labute approximate surface area is 100 Å². The third-order valence-electron chi connectivity index (χ3n) is 2.29. The van der Waals surface area contributed by atoms with Gasteiger partial charge in [0.1, 0.15) is 5.78 Å². The van der Waals surface area contributed by atoms with Crippen LogP contribution in [0.1, 0.15) is 38.5 Å². The molecule has 0 aliphatic rings. The monoisotopic (exact) mass is 244 g/mol. The van der Waals surface area contributed by atoms with E-state index < -0.39 is 0 Å². The van der Waals surface area contributed by atoms with Crippen molar-refractivity contribution in [2.24, 2.45) is 5.41 Å². The molecule has 0 saturated carbocycles. The van der Waals surface area contributed by atoms with Crippen molar-refractivity contribution in [3.63, 3.8) is 0 Å². The molecule has 1 heterocycles. The summed E-state index contributed by atoms with van der Waals surface area (Å²) in [7, 11) is 0. The molecular weight excluding hydrogens is 228 g/mol. The van der Waals surface area contributed by atoms with Crippen LogP contribution in [0, 0.1) is 5.41 Å². The fraction of sp³-hybridized carbons (Fsp3) is 0.583. The predicted molar refractivity (Wildman–Crippen MR) is 66.7 cm³/mol. The molecule has 1 aromatic rings. The molecule has 0 amide bonds. The minimum Gasteiger partial charge on any atom is -0.299 e. The van der Waals surface area contributed by atoms with Crippen molar-refractivity contribution in [3.05, 3.63) is 21.3 Å². The number of Topliss-reactive ketones (excluding diaryl/α,β-unsaturated/α-hetero) is 1. The highest BCUT2D eigenvalue weighted by molar-refractivity contribution is 7.16. The average Bonchev–Trinajstić information content (AvgIpc) is 2.49. The van der Waals surface area contributed by atoms with Gasteiger partial charge < -0.3 is 0 Å². The zero-order valence-electron chi connectivity index (χ0n) is 9.47. The number of hydrogen-bond acceptors (Lipinski definition) is 2. The van der Waals surface area contributed by atoms with Crippen molar-refractivity contribution in [3.8, 4) is 0 Å². The molecule has 0 spiro atoms. The van der Waals surface area contributed by atoms with Crippen LogP contribution in [0.2, 0.25) is 4.34 Å². The summed E-state index contributed by atoms with van der Waals surface area (Å²) < 4.78 is 0.826. The minimum atomic E-state index is -0.201. The van der Waals surface area contributed by atoms with Crippen LogP contribution >= 0.6 is 22.9 Å². The summed E-state index contributed by atoms with van der Waals surface area (Å²) in [4.78, 5) is 12.9. The van der Waals surface area contributed by atoms with E-state index in [1.54, 1.807) is 11.3 Å². The second kappa shape index (κ2) is 5.13. The second-order valence-corrected chi connectivity index (χ2v) is 6.53. The van der Waals surface area contributed by atoms with E-state index in [1.807, 2.05) is 32.9 Å². The van der Waals surface area contributed by atoms with E-state index in [9.17, 15) is 4.79 Å². The summed E-state index contributed by atoms with van der Waals surface area (Å²) in [6, 6.07) is 3.95. The van der Waals surface area contributed by atoms with E-state index in [2.05, 4.69) is 0 Å². The Balaban J connectivity index is 2.31. The molecule has 0 saturated heterocycles. The largest absolute Gasteiger partial charge is 0.299 e. The summed E-state index contributed by atoms with van der Waals surface area (Å²) in [6.45, 7) is 5.91. The van der Waals surface area contributed by atoms with Gasteiger partial charge in [-0.25, -0.2) is 0 Å². The summed E-state index contributed by atoms with van der Waals surface area (Å²) >= 11 is 7.43. The summed E-state index contributed by atoms with van der Waals surface area (Å²) in [5, 5.41) is 0. The second-order valence-electron chi connectivity index (χ2n) is 4.73. The maximum atomic E-state index is 11.6. The third-order valence-corrected chi connectivity index (χ3v) is 3.58. The van der Waals surface area contributed by atoms with E-state index in [1.165, 1.54) is 4.88 Å². The first-order chi connectivity index (χ1) is 6.89. The molecule has 84 valence electrons. The minimum absolute atomic E-state index is 0.201. The maximum absolute atomic E-state index is 11.6. The van der Waals surface area contributed by atoms with Crippen LogP contribution in [-0.4, -0.2) is 5.78 Å². The molecule has 0 radical (unpaired) electrons. The van der Waals surface area contributed by atoms with Gasteiger partial charge in [0.05, 0.1) is 4.34 Å². The van der Waals surface area contributed by atoms with Crippen molar-refractivity contribution in [2.45, 2.75) is 40.0 Å². The molecule has 15 heavy (non-hydrogen) atoms. The lowest BCUT2D eigenvalue weighted by atomic mass is 9.88. The number of thiophene rings is 1. The van der Waals surface area contributed by atoms with E-state index in [4.69, 9.17) is 11.6 Å². The predicted octanol–water partition coefficient (Wildman–Crippen LogP) is 4.34. The number of ketones is 1. The van der Waals surface area contributed by atoms with Gasteiger partial charge in [0.15, 0.2) is 0 Å². The lowest BCUT2D eigenvalue weighted by Crippen LogP contribution is -2.19. The third kappa shape index (κ3) is 4.35. The molecule has 1 aromatic heterocycles. The van der Waals surface area contributed by atoms with Gasteiger partial charge in [0.2, 0.25) is 0 Å². The quantitative estimate of drug-likeness (QED) is 0.770. The number of carbonyl (C=O) groups excluding carboxylic acids is 1. The smallest absolute Gasteiger partial charge is 0.138 e. The van der Waals surface area contributed by atoms with Gasteiger partial charge >= 0.3 is 0 Å². The molecule has 0 N–H and O–H groups in total. The summed E-state index contributed by atoms with van der Waals surface area (Å²) in [5.41, 5.74) is -0.201. The van der Waals surface area contributed by atoms with Crippen LogP contribution in [0.4, 0.5) is 0 Å². The standard InChI is InChI=1S/C12H17ClOS/c1-12(2,3)10(14)6-4-5-9-7-8-11(13)15-9/h7-8H,4-6H2,1-3H3. The Bertz CT molecular complexity index is 336. The Morgan fingerprint density at radius 2 is 2.07 bits per heavy atom. The normalized spacial score (nSPS) is 11.7. The number of rotatable bonds is 4. The lowest BCUT2D eigenvalue weighted by molar-refractivity contribution is -0.126. The van der Waals surface area contributed by atoms with Crippen molar-refractivity contribution in [1.82, 2.24) is 0 Å². The van der Waals surface area contributed by atoms with Gasteiger partial charge in [-0.3, -0.25) is 4.79 Å². The first-order valence-corrected chi connectivity index (χ1v) is 6.36. The molecular formula is C12H17ClOS. The molecule has 0 unspecified atom stereocenters. The van der Waals surface area contributed by atoms with E-state index >= 15 is 0 Å². The van der Waals surface area contributed by atoms with E-state index in [0.717, 1.165) is 17.2 Å². The summed E-state index contributed by atoms with van der Waals surface area (Å²) in [6.07, 6.45) is 2.55. The van der Waals surface area contributed by atoms with Crippen LogP contribution < -0.4 is 0 Å². The number of carbonyl (C=O) groups is 1. The number of halogens is 1. The average molecular weight is 245 g/mol. The SMILES string of the molecule is CC(C)(C)C(=O)CCCc1ccc(Cl)s1. The number of aryl methyl sites for hydroxylation is 1. The van der Waals surface area contributed by atoms with Gasteiger partial charge in [-0.15, -0.1) is 11.3 Å². The molecule has 0 aliphatic heterocycles. The molecule has 0 atom stereocenters. The highest BCUT2D eigenvalue weighted by Crippen LogP contribution is 2.24. The van der Waals surface area contributed by atoms with Crippen LogP contribution in [-0.2, 0) is 11.2 Å².